The number of urea groups is 1. The van der Waals surface area contributed by atoms with Crippen molar-refractivity contribution in [2.45, 2.75) is 75.9 Å². The Bertz CT molecular complexity index is 1260. The van der Waals surface area contributed by atoms with E-state index in [0.29, 0.717) is 17.7 Å². The minimum absolute atomic E-state index is 0.0483. The fraction of sp³-hybridized carbons (Fsp3) is 0.500. The number of nitrogens with one attached hydrogen (secondary N) is 2. The van der Waals surface area contributed by atoms with Gasteiger partial charge in [-0.3, -0.25) is 9.59 Å². The van der Waals surface area contributed by atoms with E-state index < -0.39 is 46.9 Å². The fourth-order valence-corrected chi connectivity index (χ4v) is 5.56. The van der Waals surface area contributed by atoms with Crippen molar-refractivity contribution in [1.29, 1.82) is 0 Å². The molecule has 4 amide bonds. The van der Waals surface area contributed by atoms with E-state index in [2.05, 4.69) is 10.6 Å². The second-order valence-electron chi connectivity index (χ2n) is 11.1. The predicted molar refractivity (Wildman–Crippen MR) is 146 cm³/mol. The lowest BCUT2D eigenvalue weighted by molar-refractivity contribution is -0.143. The molecule has 2 N–H and O–H groups in total. The average molecular weight is 613 g/mol. The van der Waals surface area contributed by atoms with Crippen LogP contribution in [0.4, 0.5) is 31.1 Å². The summed E-state index contributed by atoms with van der Waals surface area (Å²) in [5, 5.41) is 5.44. The van der Waals surface area contributed by atoms with E-state index in [1.807, 2.05) is 0 Å². The largest absolute Gasteiger partial charge is 0.416 e. The third kappa shape index (κ3) is 8.41. The number of benzene rings is 2. The van der Waals surface area contributed by atoms with Crippen LogP contribution in [0, 0.1) is 0 Å². The number of nitrogens with zero attached hydrogens (tertiary/aromatic N) is 2. The lowest BCUT2D eigenvalue weighted by Crippen LogP contribution is -2.61. The quantitative estimate of drug-likeness (QED) is 0.415. The number of piperazine rings is 1. The van der Waals surface area contributed by atoms with Crippen LogP contribution in [0.3, 0.4) is 0 Å². The van der Waals surface area contributed by atoms with Crippen molar-refractivity contribution in [2.75, 3.05) is 19.6 Å². The molecular formula is C30H34F6N4O3. The molecule has 2 aromatic carbocycles. The Morgan fingerprint density at radius 1 is 0.884 bits per heavy atom. The van der Waals surface area contributed by atoms with Crippen LogP contribution in [0.1, 0.15) is 66.1 Å². The summed E-state index contributed by atoms with van der Waals surface area (Å²) in [6.07, 6.45) is -5.24. The van der Waals surface area contributed by atoms with Gasteiger partial charge in [-0.2, -0.15) is 26.3 Å². The second-order valence-corrected chi connectivity index (χ2v) is 11.1. The van der Waals surface area contributed by atoms with Gasteiger partial charge in [0, 0.05) is 43.7 Å². The van der Waals surface area contributed by atoms with Crippen LogP contribution < -0.4 is 10.6 Å². The molecule has 2 aromatic rings. The van der Waals surface area contributed by atoms with Gasteiger partial charge in [-0.1, -0.05) is 49.6 Å². The first-order valence-electron chi connectivity index (χ1n) is 14.2. The van der Waals surface area contributed by atoms with Gasteiger partial charge in [0.1, 0.15) is 6.04 Å². The number of halogens is 6. The third-order valence-corrected chi connectivity index (χ3v) is 7.87. The van der Waals surface area contributed by atoms with E-state index in [4.69, 9.17) is 0 Å². The molecule has 2 atom stereocenters. The van der Waals surface area contributed by atoms with Gasteiger partial charge >= 0.3 is 18.4 Å². The molecule has 2 fully saturated rings. The van der Waals surface area contributed by atoms with Gasteiger partial charge in [0.15, 0.2) is 0 Å². The Balaban J connectivity index is 1.52. The van der Waals surface area contributed by atoms with Crippen LogP contribution in [0.2, 0.25) is 0 Å². The summed E-state index contributed by atoms with van der Waals surface area (Å²) in [4.78, 5) is 42.8. The van der Waals surface area contributed by atoms with Crippen LogP contribution >= 0.6 is 0 Å². The predicted octanol–water partition coefficient (Wildman–Crippen LogP) is 5.64. The number of hydrogen-bond acceptors (Lipinski definition) is 3. The highest BCUT2D eigenvalue weighted by atomic mass is 19.4. The van der Waals surface area contributed by atoms with Crippen molar-refractivity contribution in [3.63, 3.8) is 0 Å². The van der Waals surface area contributed by atoms with Gasteiger partial charge in [-0.05, 0) is 43.5 Å². The Kier molecular flexibility index (Phi) is 9.91. The summed E-state index contributed by atoms with van der Waals surface area (Å²) < 4.78 is 80.3. The monoisotopic (exact) mass is 612 g/mol. The lowest BCUT2D eigenvalue weighted by atomic mass is 9.96. The molecule has 7 nitrogen and oxygen atoms in total. The molecule has 43 heavy (non-hydrogen) atoms. The minimum Gasteiger partial charge on any atom is -0.340 e. The van der Waals surface area contributed by atoms with Crippen LogP contribution in [0.15, 0.2) is 48.5 Å². The molecule has 234 valence electrons. The second kappa shape index (κ2) is 13.3. The van der Waals surface area contributed by atoms with E-state index in [-0.39, 0.29) is 50.2 Å². The fourth-order valence-electron chi connectivity index (χ4n) is 5.56. The highest BCUT2D eigenvalue weighted by Gasteiger charge is 2.39. The van der Waals surface area contributed by atoms with Crippen molar-refractivity contribution in [3.8, 4) is 0 Å². The molecule has 2 unspecified atom stereocenters. The molecule has 2 aliphatic rings. The van der Waals surface area contributed by atoms with Gasteiger partial charge in [0.05, 0.1) is 11.1 Å². The molecule has 4 rings (SSSR count). The molecule has 0 aromatic heterocycles. The van der Waals surface area contributed by atoms with Gasteiger partial charge in [-0.25, -0.2) is 4.79 Å². The summed E-state index contributed by atoms with van der Waals surface area (Å²) in [6, 6.07) is 7.36. The van der Waals surface area contributed by atoms with Gasteiger partial charge in [0.2, 0.25) is 5.91 Å². The van der Waals surface area contributed by atoms with Gasteiger partial charge in [-0.15, -0.1) is 0 Å². The first kappa shape index (κ1) is 32.2. The maximum Gasteiger partial charge on any atom is 0.416 e. The van der Waals surface area contributed by atoms with Crippen molar-refractivity contribution < 1.29 is 40.7 Å². The Hall–Kier alpha value is -3.77. The smallest absolute Gasteiger partial charge is 0.340 e. The van der Waals surface area contributed by atoms with Crippen LogP contribution in [0.5, 0.6) is 0 Å². The van der Waals surface area contributed by atoms with E-state index in [1.54, 1.807) is 42.2 Å². The Morgan fingerprint density at radius 3 is 2.05 bits per heavy atom. The molecule has 0 spiro atoms. The summed E-state index contributed by atoms with van der Waals surface area (Å²) in [5.74, 6) is -1.80. The highest BCUT2D eigenvalue weighted by molar-refractivity contribution is 5.98. The average Bonchev–Trinajstić information content (AvgIpc) is 2.96. The molecule has 1 heterocycles. The lowest BCUT2D eigenvalue weighted by Gasteiger charge is -2.41. The van der Waals surface area contributed by atoms with E-state index in [9.17, 15) is 40.7 Å². The number of carbonyl (C=O) groups is 3. The summed E-state index contributed by atoms with van der Waals surface area (Å²) in [7, 11) is 0. The Morgan fingerprint density at radius 2 is 1.49 bits per heavy atom. The zero-order valence-electron chi connectivity index (χ0n) is 23.6. The molecule has 1 saturated heterocycles. The SMILES string of the molecule is CC1CN(C(=O)C(Cc2ccccc2)NC(=O)c2cc(C(F)(F)F)cc(C(F)(F)F)c2)CCN1C(=O)NC1CCCCC1. The van der Waals surface area contributed by atoms with Crippen molar-refractivity contribution in [2.24, 2.45) is 0 Å². The van der Waals surface area contributed by atoms with Crippen LogP contribution in [-0.4, -0.2) is 65.4 Å². The van der Waals surface area contributed by atoms with Gasteiger partial charge < -0.3 is 20.4 Å². The van der Waals surface area contributed by atoms with Crippen molar-refractivity contribution in [1.82, 2.24) is 20.4 Å². The zero-order valence-corrected chi connectivity index (χ0v) is 23.6. The number of amides is 4. The normalized spacial score (nSPS) is 19.1. The third-order valence-electron chi connectivity index (χ3n) is 7.87. The molecule has 0 radical (unpaired) electrons. The van der Waals surface area contributed by atoms with Crippen molar-refractivity contribution >= 4 is 17.8 Å². The zero-order chi connectivity index (χ0) is 31.4. The van der Waals surface area contributed by atoms with Crippen LogP contribution in [-0.2, 0) is 23.6 Å². The summed E-state index contributed by atoms with van der Waals surface area (Å²) >= 11 is 0. The summed E-state index contributed by atoms with van der Waals surface area (Å²) in [5.41, 5.74) is -3.50. The number of alkyl halides is 6. The minimum atomic E-state index is -5.13. The maximum absolute atomic E-state index is 13.7. The van der Waals surface area contributed by atoms with Crippen LogP contribution in [0.25, 0.3) is 0 Å². The number of carbonyl (C=O) groups excluding carboxylic acids is 3. The molecule has 13 heteroatoms. The number of rotatable bonds is 6. The standard InChI is InChI=1S/C30H34F6N4O3/c1-19-18-39(12-13-40(19)28(43)37-24-10-6-3-7-11-24)27(42)25(14-20-8-4-2-5-9-20)38-26(41)21-15-22(29(31,32)33)17-23(16-21)30(34,35)36/h2,4-5,8-9,15-17,19,24-25H,3,6-7,10-14,18H2,1H3,(H,37,43)(H,38,41). The molecular weight excluding hydrogens is 578 g/mol. The van der Waals surface area contributed by atoms with E-state index in [1.165, 1.54) is 4.90 Å². The van der Waals surface area contributed by atoms with E-state index in [0.717, 1.165) is 32.1 Å². The Labute approximate surface area is 245 Å². The summed E-state index contributed by atoms with van der Waals surface area (Å²) in [6.45, 7) is 2.29. The topological polar surface area (TPSA) is 81.8 Å². The molecule has 1 aliphatic heterocycles. The van der Waals surface area contributed by atoms with Crippen molar-refractivity contribution in [3.05, 3.63) is 70.8 Å². The van der Waals surface area contributed by atoms with Gasteiger partial charge in [0.25, 0.3) is 5.91 Å². The highest BCUT2D eigenvalue weighted by Crippen LogP contribution is 2.36. The molecule has 0 bridgehead atoms. The van der Waals surface area contributed by atoms with E-state index >= 15 is 0 Å². The maximum atomic E-state index is 13.7. The first-order valence-corrected chi connectivity index (χ1v) is 14.2. The molecule has 1 saturated carbocycles. The molecule has 1 aliphatic carbocycles. The number of hydrogen-bond donors (Lipinski definition) is 2. The first-order chi connectivity index (χ1) is 20.2.